The third-order valence-electron chi connectivity index (χ3n) is 1.03. The van der Waals surface area contributed by atoms with Gasteiger partial charge in [0.15, 0.2) is 5.57 Å². The van der Waals surface area contributed by atoms with Gasteiger partial charge in [0.1, 0.15) is 6.10 Å². The van der Waals surface area contributed by atoms with Crippen molar-refractivity contribution in [3.8, 4) is 0 Å². The van der Waals surface area contributed by atoms with Crippen molar-refractivity contribution < 1.29 is 5.11 Å². The minimum absolute atomic E-state index is 0.507. The van der Waals surface area contributed by atoms with E-state index in [0.29, 0.717) is 5.57 Å². The molecule has 0 spiro atoms. The molecule has 0 fully saturated rings. The summed E-state index contributed by atoms with van der Waals surface area (Å²) >= 11 is 0. The summed E-state index contributed by atoms with van der Waals surface area (Å²) in [7, 11) is 0. The Hall–Kier alpha value is -0.910. The molecule has 0 saturated carbocycles. The zero-order valence-electron chi connectivity index (χ0n) is 4.41. The first-order valence-electron chi connectivity index (χ1n) is 2.46. The Morgan fingerprint density at radius 2 is 2.25 bits per heavy atom. The van der Waals surface area contributed by atoms with Crippen molar-refractivity contribution >= 4 is 0 Å². The van der Waals surface area contributed by atoms with Crippen LogP contribution in [0.15, 0.2) is 29.9 Å². The first kappa shape index (κ1) is 5.23. The second kappa shape index (κ2) is 1.91. The zero-order chi connectivity index (χ0) is 5.98. The van der Waals surface area contributed by atoms with Crippen LogP contribution in [0.1, 0.15) is 0 Å². The van der Waals surface area contributed by atoms with E-state index in [9.17, 15) is 0 Å². The SMILES string of the molecule is [CH+]=C1C=CC=CC1O. The summed E-state index contributed by atoms with van der Waals surface area (Å²) in [4.78, 5) is 0. The van der Waals surface area contributed by atoms with Crippen molar-refractivity contribution in [1.82, 2.24) is 0 Å². The van der Waals surface area contributed by atoms with E-state index in [4.69, 9.17) is 11.7 Å². The molecule has 1 nitrogen and oxygen atoms in total. The lowest BCUT2D eigenvalue weighted by Crippen LogP contribution is -2.04. The first-order chi connectivity index (χ1) is 3.80. The molecule has 1 atom stereocenters. The molecule has 8 heavy (non-hydrogen) atoms. The predicted molar refractivity (Wildman–Crippen MR) is 32.1 cm³/mol. The Morgan fingerprint density at radius 1 is 1.50 bits per heavy atom. The van der Waals surface area contributed by atoms with Gasteiger partial charge in [0.05, 0.1) is 12.7 Å². The van der Waals surface area contributed by atoms with Crippen molar-refractivity contribution in [2.24, 2.45) is 0 Å². The van der Waals surface area contributed by atoms with Crippen molar-refractivity contribution in [3.63, 3.8) is 0 Å². The molecule has 40 valence electrons. The van der Waals surface area contributed by atoms with Gasteiger partial charge in [-0.2, -0.15) is 0 Å². The average molecular weight is 107 g/mol. The van der Waals surface area contributed by atoms with E-state index in [1.54, 1.807) is 24.3 Å². The number of hydrogen-bond acceptors (Lipinski definition) is 1. The van der Waals surface area contributed by atoms with Crippen molar-refractivity contribution in [3.05, 3.63) is 36.5 Å². The van der Waals surface area contributed by atoms with E-state index in [1.807, 2.05) is 0 Å². The Morgan fingerprint density at radius 3 is 2.62 bits per heavy atom. The minimum atomic E-state index is -0.569. The van der Waals surface area contributed by atoms with Gasteiger partial charge in [-0.3, -0.25) is 0 Å². The number of hydrogen-bond donors (Lipinski definition) is 1. The smallest absolute Gasteiger partial charge is 0.196 e. The second-order valence-electron chi connectivity index (χ2n) is 1.69. The lowest BCUT2D eigenvalue weighted by atomic mass is 10.1. The third-order valence-corrected chi connectivity index (χ3v) is 1.03. The Kier molecular flexibility index (Phi) is 1.25. The maximum absolute atomic E-state index is 8.88. The quantitative estimate of drug-likeness (QED) is 0.455. The molecule has 1 unspecified atom stereocenters. The van der Waals surface area contributed by atoms with Crippen molar-refractivity contribution in [2.75, 3.05) is 0 Å². The highest BCUT2D eigenvalue weighted by atomic mass is 16.3. The molecule has 0 aromatic rings. The monoisotopic (exact) mass is 107 g/mol. The summed E-state index contributed by atoms with van der Waals surface area (Å²) in [5, 5.41) is 8.88. The van der Waals surface area contributed by atoms with Crippen molar-refractivity contribution in [2.45, 2.75) is 6.10 Å². The maximum atomic E-state index is 8.88. The highest BCUT2D eigenvalue weighted by Crippen LogP contribution is 2.06. The lowest BCUT2D eigenvalue weighted by molar-refractivity contribution is 0.262. The molecule has 0 saturated heterocycles. The fourth-order valence-electron chi connectivity index (χ4n) is 0.546. The van der Waals surface area contributed by atoms with E-state index in [0.717, 1.165) is 0 Å². The van der Waals surface area contributed by atoms with E-state index in [1.165, 1.54) is 0 Å². The molecule has 0 bridgehead atoms. The van der Waals surface area contributed by atoms with Gasteiger partial charge in [-0.1, -0.05) is 0 Å². The van der Waals surface area contributed by atoms with Gasteiger partial charge >= 0.3 is 0 Å². The molecule has 1 rings (SSSR count). The maximum Gasteiger partial charge on any atom is 0.196 e. The average Bonchev–Trinajstić information content (AvgIpc) is 1.77. The van der Waals surface area contributed by atoms with E-state index >= 15 is 0 Å². The molecule has 1 heteroatoms. The zero-order valence-corrected chi connectivity index (χ0v) is 4.41. The molecule has 1 N–H and O–H groups in total. The summed E-state index contributed by atoms with van der Waals surface area (Å²) in [6.07, 6.45) is 6.31. The summed E-state index contributed by atoms with van der Waals surface area (Å²) in [5.74, 6) is 0. The molecule has 0 aromatic carbocycles. The largest absolute Gasteiger partial charge is 0.380 e. The van der Waals surface area contributed by atoms with Gasteiger partial charge in [0, 0.05) is 6.08 Å². The van der Waals surface area contributed by atoms with Crippen LogP contribution in [0.25, 0.3) is 0 Å². The van der Waals surface area contributed by atoms with E-state index < -0.39 is 6.10 Å². The molecular weight excluding hydrogens is 100 g/mol. The van der Waals surface area contributed by atoms with Crippen LogP contribution < -0.4 is 0 Å². The van der Waals surface area contributed by atoms with Crippen LogP contribution in [0.3, 0.4) is 0 Å². The van der Waals surface area contributed by atoms with Gasteiger partial charge in [-0.15, -0.1) is 0 Å². The molecule has 0 heterocycles. The first-order valence-corrected chi connectivity index (χ1v) is 2.46. The third kappa shape index (κ3) is 0.836. The Balaban J connectivity index is 2.74. The highest BCUT2D eigenvalue weighted by molar-refractivity contribution is 5.30. The lowest BCUT2D eigenvalue weighted by Gasteiger charge is -1.97. The van der Waals surface area contributed by atoms with Gasteiger partial charge in [0.25, 0.3) is 0 Å². The molecular formula is C7H7O+. The summed E-state index contributed by atoms with van der Waals surface area (Å²) in [6, 6.07) is 0. The minimum Gasteiger partial charge on any atom is -0.380 e. The van der Waals surface area contributed by atoms with Crippen LogP contribution in [-0.2, 0) is 0 Å². The van der Waals surface area contributed by atoms with Crippen LogP contribution in [0, 0.1) is 6.58 Å². The summed E-state index contributed by atoms with van der Waals surface area (Å²) in [5.41, 5.74) is 0.507. The van der Waals surface area contributed by atoms with E-state index in [2.05, 4.69) is 0 Å². The fourth-order valence-corrected chi connectivity index (χ4v) is 0.546. The molecule has 0 aromatic heterocycles. The standard InChI is InChI=1S/C7H7O/c1-6-4-2-3-5-7(6)8/h1-5,7-8H/q+1. The van der Waals surface area contributed by atoms with Gasteiger partial charge in [-0.25, -0.2) is 0 Å². The summed E-state index contributed by atoms with van der Waals surface area (Å²) < 4.78 is 0. The molecule has 0 amide bonds. The van der Waals surface area contributed by atoms with Gasteiger partial charge in [-0.05, 0) is 12.2 Å². The van der Waals surface area contributed by atoms with E-state index in [-0.39, 0.29) is 0 Å². The fraction of sp³-hybridized carbons (Fsp3) is 0.143. The van der Waals surface area contributed by atoms with Crippen LogP contribution in [-0.4, -0.2) is 11.2 Å². The van der Waals surface area contributed by atoms with Crippen molar-refractivity contribution in [1.29, 1.82) is 0 Å². The molecule has 0 radical (unpaired) electrons. The molecule has 1 aliphatic carbocycles. The molecule has 1 aliphatic rings. The number of aliphatic hydroxyl groups is 1. The second-order valence-corrected chi connectivity index (χ2v) is 1.69. The van der Waals surface area contributed by atoms with Gasteiger partial charge < -0.3 is 5.11 Å². The number of allylic oxidation sites excluding steroid dienone is 2. The number of rotatable bonds is 0. The highest BCUT2D eigenvalue weighted by Gasteiger charge is 2.11. The van der Waals surface area contributed by atoms with Crippen LogP contribution in [0.4, 0.5) is 0 Å². The normalized spacial score (nSPS) is 26.5. The predicted octanol–water partition coefficient (Wildman–Crippen LogP) is 0.833. The molecule has 0 aliphatic heterocycles. The Bertz CT molecular complexity index is 154. The van der Waals surface area contributed by atoms with Crippen LogP contribution in [0.2, 0.25) is 0 Å². The summed E-state index contributed by atoms with van der Waals surface area (Å²) in [6.45, 7) is 5.31. The van der Waals surface area contributed by atoms with Crippen LogP contribution >= 0.6 is 0 Å². The van der Waals surface area contributed by atoms with Crippen LogP contribution in [0.5, 0.6) is 0 Å². The number of aliphatic hydroxyl groups excluding tert-OH is 1. The Labute approximate surface area is 48.6 Å². The van der Waals surface area contributed by atoms with Gasteiger partial charge in [0.2, 0.25) is 0 Å². The topological polar surface area (TPSA) is 20.2 Å².